The Morgan fingerprint density at radius 3 is 2.94 bits per heavy atom. The monoisotopic (exact) mass is 266 g/mol. The molecule has 0 aliphatic carbocycles. The minimum absolute atomic E-state index is 0.0167. The van der Waals surface area contributed by atoms with Crippen LogP contribution in [-0.4, -0.2) is 15.7 Å². The summed E-state index contributed by atoms with van der Waals surface area (Å²) in [4.78, 5) is 10.7. The first-order valence-electron chi connectivity index (χ1n) is 5.16. The van der Waals surface area contributed by atoms with E-state index in [1.807, 2.05) is 0 Å². The number of hydrogen-bond acceptors (Lipinski definition) is 2. The molecule has 1 aromatic heterocycles. The molecule has 0 atom stereocenters. The summed E-state index contributed by atoms with van der Waals surface area (Å²) >= 11 is 5.59. The van der Waals surface area contributed by atoms with Gasteiger partial charge in [-0.15, -0.1) is 0 Å². The van der Waals surface area contributed by atoms with Gasteiger partial charge >= 0.3 is 0 Å². The van der Waals surface area contributed by atoms with Crippen molar-refractivity contribution < 1.29 is 9.18 Å². The van der Waals surface area contributed by atoms with Crippen LogP contribution in [0.2, 0.25) is 5.02 Å². The predicted octanol–water partition coefficient (Wildman–Crippen LogP) is 1.76. The summed E-state index contributed by atoms with van der Waals surface area (Å²) in [6.07, 6.45) is 3.31. The van der Waals surface area contributed by atoms with Gasteiger partial charge < -0.3 is 5.73 Å². The second kappa shape index (κ2) is 5.18. The molecule has 0 saturated carbocycles. The first-order chi connectivity index (χ1) is 8.54. The Balaban J connectivity index is 2.11. The van der Waals surface area contributed by atoms with Crippen molar-refractivity contribution in [1.29, 1.82) is 0 Å². The lowest BCUT2D eigenvalue weighted by Crippen LogP contribution is -2.18. The third kappa shape index (κ3) is 3.07. The van der Waals surface area contributed by atoms with E-state index in [4.69, 9.17) is 17.3 Å². The molecule has 0 saturated heterocycles. The van der Waals surface area contributed by atoms with Gasteiger partial charge in [0, 0.05) is 12.6 Å². The molecule has 6 heteroatoms. The molecule has 2 aromatic rings. The molecule has 0 unspecified atom stereocenters. The number of nitrogens with zero attached hydrogens (tertiary/aromatic N) is 2. The quantitative estimate of drug-likeness (QED) is 0.917. The number of rotatable bonds is 4. The molecule has 93 valence electrons. The van der Waals surface area contributed by atoms with Gasteiger partial charge in [0.05, 0.1) is 10.7 Å². The average molecular weight is 267 g/mol. The van der Waals surface area contributed by atoms with Crippen molar-refractivity contribution in [3.05, 3.63) is 59.0 Å². The van der Waals surface area contributed by atoms with E-state index in [0.717, 1.165) is 0 Å². The molecule has 0 aliphatic rings. The van der Waals surface area contributed by atoms with Crippen LogP contribution in [0.15, 0.2) is 30.5 Å². The van der Waals surface area contributed by atoms with Crippen molar-refractivity contribution in [3.8, 4) is 0 Å². The SMILES string of the molecule is NC(=O)Cn1ccc([CH]c2ccc(Cl)c(F)c2)n1. The highest BCUT2D eigenvalue weighted by Gasteiger charge is 2.06. The van der Waals surface area contributed by atoms with Crippen LogP contribution in [0.4, 0.5) is 4.39 Å². The van der Waals surface area contributed by atoms with Crippen molar-refractivity contribution in [2.45, 2.75) is 6.54 Å². The van der Waals surface area contributed by atoms with Crippen molar-refractivity contribution in [2.24, 2.45) is 5.73 Å². The van der Waals surface area contributed by atoms with Gasteiger partial charge in [0.15, 0.2) is 0 Å². The van der Waals surface area contributed by atoms with Crippen LogP contribution in [0.25, 0.3) is 0 Å². The van der Waals surface area contributed by atoms with E-state index in [0.29, 0.717) is 11.3 Å². The van der Waals surface area contributed by atoms with Gasteiger partial charge in [-0.3, -0.25) is 9.48 Å². The highest BCUT2D eigenvalue weighted by Crippen LogP contribution is 2.18. The van der Waals surface area contributed by atoms with Gasteiger partial charge in [0.25, 0.3) is 0 Å². The number of halogens is 2. The maximum atomic E-state index is 13.2. The standard InChI is InChI=1S/C12H10ClFN3O/c13-10-2-1-8(6-11(10)14)5-9-3-4-17(16-9)7-12(15)18/h1-6H,7H2,(H2,15,18). The lowest BCUT2D eigenvalue weighted by molar-refractivity contribution is -0.118. The molecular weight excluding hydrogens is 257 g/mol. The number of hydrogen-bond donors (Lipinski definition) is 1. The number of aromatic nitrogens is 2. The number of primary amides is 1. The molecule has 1 radical (unpaired) electrons. The van der Waals surface area contributed by atoms with E-state index >= 15 is 0 Å². The maximum Gasteiger partial charge on any atom is 0.239 e. The van der Waals surface area contributed by atoms with Gasteiger partial charge in [-0.2, -0.15) is 5.10 Å². The summed E-state index contributed by atoms with van der Waals surface area (Å²) in [7, 11) is 0. The molecule has 0 spiro atoms. The predicted molar refractivity (Wildman–Crippen MR) is 65.3 cm³/mol. The lowest BCUT2D eigenvalue weighted by Gasteiger charge is -2.00. The number of carbonyl (C=O) groups is 1. The van der Waals surface area contributed by atoms with E-state index in [9.17, 15) is 9.18 Å². The molecule has 0 bridgehead atoms. The molecule has 2 rings (SSSR count). The smallest absolute Gasteiger partial charge is 0.239 e. The fourth-order valence-electron chi connectivity index (χ4n) is 1.48. The van der Waals surface area contributed by atoms with Crippen LogP contribution in [0.5, 0.6) is 0 Å². The minimum Gasteiger partial charge on any atom is -0.368 e. The number of amides is 1. The summed E-state index contributed by atoms with van der Waals surface area (Å²) in [5.41, 5.74) is 6.30. The molecule has 1 heterocycles. The fraction of sp³-hybridized carbons (Fsp3) is 0.0833. The normalized spacial score (nSPS) is 10.6. The van der Waals surface area contributed by atoms with E-state index in [1.54, 1.807) is 24.8 Å². The summed E-state index contributed by atoms with van der Waals surface area (Å²) < 4.78 is 14.6. The van der Waals surface area contributed by atoms with Crippen molar-refractivity contribution >= 4 is 17.5 Å². The number of carbonyl (C=O) groups excluding carboxylic acids is 1. The summed E-state index contributed by atoms with van der Waals surface area (Å²) in [5.74, 6) is -0.954. The molecule has 4 nitrogen and oxygen atoms in total. The first-order valence-corrected chi connectivity index (χ1v) is 5.54. The van der Waals surface area contributed by atoms with Gasteiger partial charge in [0.1, 0.15) is 12.4 Å². The molecule has 1 amide bonds. The Bertz CT molecular complexity index is 582. The van der Waals surface area contributed by atoms with Crippen LogP contribution in [0.1, 0.15) is 11.3 Å². The van der Waals surface area contributed by atoms with Gasteiger partial charge in [0.2, 0.25) is 5.91 Å². The molecule has 1 aromatic carbocycles. The number of benzene rings is 1. The molecule has 0 fully saturated rings. The second-order valence-corrected chi connectivity index (χ2v) is 4.13. The van der Waals surface area contributed by atoms with E-state index < -0.39 is 11.7 Å². The maximum absolute atomic E-state index is 13.2. The molecule has 0 aliphatic heterocycles. The van der Waals surface area contributed by atoms with Crippen LogP contribution in [0, 0.1) is 12.2 Å². The zero-order valence-electron chi connectivity index (χ0n) is 9.31. The van der Waals surface area contributed by atoms with Crippen molar-refractivity contribution in [3.63, 3.8) is 0 Å². The molecular formula is C12H10ClFN3O. The summed E-state index contributed by atoms with van der Waals surface area (Å²) in [5, 5.41) is 4.18. The van der Waals surface area contributed by atoms with Crippen molar-refractivity contribution in [1.82, 2.24) is 9.78 Å². The average Bonchev–Trinajstić information content (AvgIpc) is 2.70. The Kier molecular flexibility index (Phi) is 3.62. The van der Waals surface area contributed by atoms with E-state index in [1.165, 1.54) is 16.8 Å². The molecule has 2 N–H and O–H groups in total. The third-order valence-corrected chi connectivity index (χ3v) is 2.54. The van der Waals surface area contributed by atoms with Gasteiger partial charge in [-0.1, -0.05) is 17.7 Å². The fourth-order valence-corrected chi connectivity index (χ4v) is 1.59. The highest BCUT2D eigenvalue weighted by molar-refractivity contribution is 6.30. The Morgan fingerprint density at radius 1 is 1.50 bits per heavy atom. The van der Waals surface area contributed by atoms with Crippen LogP contribution in [-0.2, 0) is 11.3 Å². The largest absolute Gasteiger partial charge is 0.368 e. The van der Waals surface area contributed by atoms with Crippen LogP contribution < -0.4 is 5.73 Å². The lowest BCUT2D eigenvalue weighted by atomic mass is 10.1. The van der Waals surface area contributed by atoms with Gasteiger partial charge in [-0.05, 0) is 23.8 Å². The zero-order chi connectivity index (χ0) is 13.1. The Labute approximate surface area is 108 Å². The zero-order valence-corrected chi connectivity index (χ0v) is 10.1. The van der Waals surface area contributed by atoms with Crippen LogP contribution >= 0.6 is 11.6 Å². The summed E-state index contributed by atoms with van der Waals surface area (Å²) in [6.45, 7) is 0.0167. The Hall–Kier alpha value is -1.88. The van der Waals surface area contributed by atoms with E-state index in [2.05, 4.69) is 5.10 Å². The van der Waals surface area contributed by atoms with Crippen molar-refractivity contribution in [2.75, 3.05) is 0 Å². The number of nitrogens with two attached hydrogens (primary N) is 1. The van der Waals surface area contributed by atoms with Crippen LogP contribution in [0.3, 0.4) is 0 Å². The second-order valence-electron chi connectivity index (χ2n) is 3.72. The minimum atomic E-state index is -0.484. The third-order valence-electron chi connectivity index (χ3n) is 2.24. The topological polar surface area (TPSA) is 60.9 Å². The highest BCUT2D eigenvalue weighted by atomic mass is 35.5. The van der Waals surface area contributed by atoms with E-state index in [-0.39, 0.29) is 11.6 Å². The Morgan fingerprint density at radius 2 is 2.28 bits per heavy atom. The van der Waals surface area contributed by atoms with Gasteiger partial charge in [-0.25, -0.2) is 4.39 Å². The molecule has 18 heavy (non-hydrogen) atoms. The summed E-state index contributed by atoms with van der Waals surface area (Å²) in [6, 6.07) is 6.17. The first kappa shape index (κ1) is 12.6.